The molecule has 2 aromatic rings. The minimum Gasteiger partial charge on any atom is -0.394 e. The molecule has 3 rings (SSSR count). The molecule has 3 heterocycles. The van der Waals surface area contributed by atoms with Crippen LogP contribution in [0.5, 0.6) is 0 Å². The van der Waals surface area contributed by atoms with Crippen LogP contribution >= 0.6 is 11.6 Å². The minimum atomic E-state index is -0.155. The number of aromatic nitrogens is 4. The van der Waals surface area contributed by atoms with E-state index in [-0.39, 0.29) is 18.8 Å². The lowest BCUT2D eigenvalue weighted by Gasteiger charge is -2.36. The fraction of sp³-hybridized carbons (Fsp3) is 0.615. The Morgan fingerprint density at radius 2 is 2.29 bits per heavy atom. The molecule has 7 nitrogen and oxygen atoms in total. The van der Waals surface area contributed by atoms with Crippen LogP contribution < -0.4 is 0 Å². The number of ether oxygens (including phenoxy) is 1. The maximum Gasteiger partial charge on any atom is 0.162 e. The van der Waals surface area contributed by atoms with Crippen molar-refractivity contribution in [2.75, 3.05) is 19.8 Å². The van der Waals surface area contributed by atoms with E-state index in [1.165, 1.54) is 0 Å². The average Bonchev–Trinajstić information content (AvgIpc) is 2.84. The van der Waals surface area contributed by atoms with Crippen molar-refractivity contribution in [1.82, 2.24) is 24.6 Å². The highest BCUT2D eigenvalue weighted by Crippen LogP contribution is 2.21. The Labute approximate surface area is 127 Å². The summed E-state index contributed by atoms with van der Waals surface area (Å²) in [6.45, 7) is 3.92. The fourth-order valence-corrected chi connectivity index (χ4v) is 2.72. The van der Waals surface area contributed by atoms with Crippen molar-refractivity contribution in [3.05, 3.63) is 17.2 Å². The van der Waals surface area contributed by atoms with Gasteiger partial charge in [0.25, 0.3) is 0 Å². The van der Waals surface area contributed by atoms with E-state index in [1.807, 2.05) is 7.05 Å². The SMILES string of the molecule is CC1COC(CO)CN1Cc1nc(Cl)c2cnn(C)c2n1. The normalized spacial score (nSPS) is 23.8. The predicted octanol–water partition coefficient (Wildman–Crippen LogP) is 0.598. The number of halogens is 1. The van der Waals surface area contributed by atoms with Crippen molar-refractivity contribution in [1.29, 1.82) is 0 Å². The number of nitrogens with zero attached hydrogens (tertiary/aromatic N) is 5. The van der Waals surface area contributed by atoms with Crippen molar-refractivity contribution in [3.8, 4) is 0 Å². The van der Waals surface area contributed by atoms with Gasteiger partial charge in [-0.25, -0.2) is 9.97 Å². The Kier molecular flexibility index (Phi) is 4.08. The summed E-state index contributed by atoms with van der Waals surface area (Å²) in [5, 5.41) is 14.6. The number of morpholine rings is 1. The second-order valence-corrected chi connectivity index (χ2v) is 5.71. The van der Waals surface area contributed by atoms with Crippen LogP contribution in [0.15, 0.2) is 6.20 Å². The molecule has 0 radical (unpaired) electrons. The summed E-state index contributed by atoms with van der Waals surface area (Å²) in [5.41, 5.74) is 0.727. The number of hydrogen-bond acceptors (Lipinski definition) is 6. The molecule has 1 saturated heterocycles. The van der Waals surface area contributed by atoms with Crippen molar-refractivity contribution >= 4 is 22.6 Å². The largest absolute Gasteiger partial charge is 0.394 e. The van der Waals surface area contributed by atoms with Gasteiger partial charge in [-0.2, -0.15) is 5.10 Å². The van der Waals surface area contributed by atoms with Gasteiger partial charge in [0.05, 0.1) is 37.4 Å². The summed E-state index contributed by atoms with van der Waals surface area (Å²) in [5.74, 6) is 0.654. The second kappa shape index (κ2) is 5.84. The lowest BCUT2D eigenvalue weighted by atomic mass is 10.2. The molecule has 0 amide bonds. The summed E-state index contributed by atoms with van der Waals surface area (Å²) in [4.78, 5) is 11.1. The van der Waals surface area contributed by atoms with Gasteiger partial charge in [0, 0.05) is 19.6 Å². The van der Waals surface area contributed by atoms with E-state index in [2.05, 4.69) is 26.9 Å². The first kappa shape index (κ1) is 14.6. The van der Waals surface area contributed by atoms with Crippen molar-refractivity contribution in [3.63, 3.8) is 0 Å². The monoisotopic (exact) mass is 311 g/mol. The van der Waals surface area contributed by atoms with Crippen LogP contribution in [0.2, 0.25) is 5.15 Å². The standard InChI is InChI=1S/C13H18ClN5O2/c1-8-7-21-9(6-20)4-19(8)5-11-16-12(14)10-3-15-18(2)13(10)17-11/h3,8-9,20H,4-7H2,1-2H3. The summed E-state index contributed by atoms with van der Waals surface area (Å²) < 4.78 is 7.22. The molecule has 2 aromatic heterocycles. The van der Waals surface area contributed by atoms with Gasteiger partial charge in [-0.1, -0.05) is 11.6 Å². The second-order valence-electron chi connectivity index (χ2n) is 5.35. The zero-order valence-electron chi connectivity index (χ0n) is 12.0. The third-order valence-corrected chi connectivity index (χ3v) is 4.06. The van der Waals surface area contributed by atoms with E-state index < -0.39 is 0 Å². The molecule has 21 heavy (non-hydrogen) atoms. The molecule has 1 aliphatic heterocycles. The minimum absolute atomic E-state index is 0.0194. The molecule has 114 valence electrons. The van der Waals surface area contributed by atoms with Crippen LogP contribution in [0.4, 0.5) is 0 Å². The Bertz CT molecular complexity index is 647. The predicted molar refractivity (Wildman–Crippen MR) is 78.0 cm³/mol. The van der Waals surface area contributed by atoms with Crippen LogP contribution in [0.3, 0.4) is 0 Å². The van der Waals surface area contributed by atoms with Crippen LogP contribution in [0, 0.1) is 0 Å². The third-order valence-electron chi connectivity index (χ3n) is 3.77. The molecule has 1 fully saturated rings. The molecule has 2 unspecified atom stereocenters. The van der Waals surface area contributed by atoms with E-state index in [1.54, 1.807) is 10.9 Å². The summed E-state index contributed by atoms with van der Waals surface area (Å²) in [6, 6.07) is 0.248. The summed E-state index contributed by atoms with van der Waals surface area (Å²) in [7, 11) is 1.83. The van der Waals surface area contributed by atoms with Crippen LogP contribution in [0.1, 0.15) is 12.7 Å². The van der Waals surface area contributed by atoms with Crippen molar-refractivity contribution in [2.45, 2.75) is 25.6 Å². The Hall–Kier alpha value is -1.28. The average molecular weight is 312 g/mol. The molecule has 0 aliphatic carbocycles. The molecule has 0 bridgehead atoms. The number of aliphatic hydroxyl groups is 1. The first-order valence-electron chi connectivity index (χ1n) is 6.89. The maximum atomic E-state index is 9.24. The fourth-order valence-electron chi connectivity index (χ4n) is 2.49. The van der Waals surface area contributed by atoms with Gasteiger partial charge in [0.15, 0.2) is 5.65 Å². The number of aryl methyl sites for hydroxylation is 1. The van der Waals surface area contributed by atoms with E-state index in [9.17, 15) is 5.11 Å². The Morgan fingerprint density at radius 1 is 1.48 bits per heavy atom. The van der Waals surface area contributed by atoms with Gasteiger partial charge in [-0.3, -0.25) is 9.58 Å². The number of fused-ring (bicyclic) bond motifs is 1. The maximum absolute atomic E-state index is 9.24. The molecular formula is C13H18ClN5O2. The quantitative estimate of drug-likeness (QED) is 0.837. The zero-order chi connectivity index (χ0) is 15.0. The van der Waals surface area contributed by atoms with E-state index in [4.69, 9.17) is 16.3 Å². The Morgan fingerprint density at radius 3 is 3.05 bits per heavy atom. The molecule has 0 saturated carbocycles. The third kappa shape index (κ3) is 2.87. The van der Waals surface area contributed by atoms with E-state index in [0.29, 0.717) is 30.7 Å². The van der Waals surface area contributed by atoms with Crippen LogP contribution in [-0.2, 0) is 18.3 Å². The molecule has 1 N–H and O–H groups in total. The number of rotatable bonds is 3. The first-order valence-corrected chi connectivity index (χ1v) is 7.27. The van der Waals surface area contributed by atoms with E-state index >= 15 is 0 Å². The molecule has 2 atom stereocenters. The lowest BCUT2D eigenvalue weighted by molar-refractivity contribution is -0.0811. The van der Waals surface area contributed by atoms with Crippen LogP contribution in [-0.4, -0.2) is 61.7 Å². The summed E-state index contributed by atoms with van der Waals surface area (Å²) in [6.07, 6.45) is 1.51. The van der Waals surface area contributed by atoms with E-state index in [0.717, 1.165) is 11.0 Å². The molecule has 1 aliphatic rings. The molecule has 8 heteroatoms. The number of hydrogen-bond donors (Lipinski definition) is 1. The molecule has 0 aromatic carbocycles. The highest BCUT2D eigenvalue weighted by molar-refractivity contribution is 6.33. The molecular weight excluding hydrogens is 294 g/mol. The van der Waals surface area contributed by atoms with Gasteiger partial charge in [-0.05, 0) is 6.92 Å². The van der Waals surface area contributed by atoms with Gasteiger partial charge >= 0.3 is 0 Å². The highest BCUT2D eigenvalue weighted by atomic mass is 35.5. The van der Waals surface area contributed by atoms with Gasteiger partial charge in [0.1, 0.15) is 11.0 Å². The molecule has 0 spiro atoms. The summed E-state index contributed by atoms with van der Waals surface area (Å²) >= 11 is 6.20. The van der Waals surface area contributed by atoms with Crippen molar-refractivity contribution < 1.29 is 9.84 Å². The lowest BCUT2D eigenvalue weighted by Crippen LogP contribution is -2.49. The van der Waals surface area contributed by atoms with Gasteiger partial charge in [0.2, 0.25) is 0 Å². The topological polar surface area (TPSA) is 76.3 Å². The number of aliphatic hydroxyl groups excluding tert-OH is 1. The van der Waals surface area contributed by atoms with Gasteiger partial charge in [-0.15, -0.1) is 0 Å². The van der Waals surface area contributed by atoms with Gasteiger partial charge < -0.3 is 9.84 Å². The van der Waals surface area contributed by atoms with Crippen molar-refractivity contribution in [2.24, 2.45) is 7.05 Å². The highest BCUT2D eigenvalue weighted by Gasteiger charge is 2.26. The zero-order valence-corrected chi connectivity index (χ0v) is 12.8. The van der Waals surface area contributed by atoms with Crippen LogP contribution in [0.25, 0.3) is 11.0 Å². The Balaban J connectivity index is 1.85. The first-order chi connectivity index (χ1) is 10.1. The smallest absolute Gasteiger partial charge is 0.162 e.